The number of benzene rings is 11. The Morgan fingerprint density at radius 1 is 0.239 bits per heavy atom. The lowest BCUT2D eigenvalue weighted by molar-refractivity contribution is 1.28. The molecule has 67 heavy (non-hydrogen) atoms. The molecule has 0 N–H and O–H groups in total. The van der Waals surface area contributed by atoms with E-state index in [0.717, 1.165) is 17.1 Å². The summed E-state index contributed by atoms with van der Waals surface area (Å²) in [7, 11) is 0. The van der Waals surface area contributed by atoms with Gasteiger partial charge in [0.2, 0.25) is 0 Å². The van der Waals surface area contributed by atoms with Gasteiger partial charge in [-0.25, -0.2) is 0 Å². The first-order valence-corrected chi connectivity index (χ1v) is 24.5. The summed E-state index contributed by atoms with van der Waals surface area (Å²) in [6.45, 7) is 0. The van der Waals surface area contributed by atoms with Crippen LogP contribution in [0.1, 0.15) is 0 Å². The van der Waals surface area contributed by atoms with Gasteiger partial charge >= 0.3 is 0 Å². The van der Waals surface area contributed by atoms with E-state index in [1.54, 1.807) is 0 Å². The molecule has 0 amide bonds. The van der Waals surface area contributed by atoms with Crippen molar-refractivity contribution in [3.05, 3.63) is 249 Å². The third-order valence-corrected chi connectivity index (χ3v) is 15.7. The van der Waals surface area contributed by atoms with E-state index in [1.807, 2.05) is 22.7 Å². The van der Waals surface area contributed by atoms with Crippen molar-refractivity contribution >= 4 is 90.9 Å². The Morgan fingerprint density at radius 2 is 0.627 bits per heavy atom. The van der Waals surface area contributed by atoms with Crippen molar-refractivity contribution in [3.8, 4) is 55.6 Å². The second-order valence-electron chi connectivity index (χ2n) is 17.2. The van der Waals surface area contributed by atoms with Gasteiger partial charge in [0.25, 0.3) is 0 Å². The lowest BCUT2D eigenvalue weighted by Crippen LogP contribution is -2.09. The molecule has 0 saturated heterocycles. The normalized spacial score (nSPS) is 11.6. The predicted octanol–water partition coefficient (Wildman–Crippen LogP) is 19.4. The minimum absolute atomic E-state index is 1.09. The molecule has 3 heteroatoms. The van der Waals surface area contributed by atoms with Crippen molar-refractivity contribution < 1.29 is 0 Å². The monoisotopic (exact) mass is 887 g/mol. The zero-order valence-electron chi connectivity index (χ0n) is 36.4. The summed E-state index contributed by atoms with van der Waals surface area (Å²) >= 11 is 3.78. The molecule has 0 bridgehead atoms. The van der Waals surface area contributed by atoms with Crippen LogP contribution in [0.2, 0.25) is 0 Å². The maximum atomic E-state index is 2.39. The summed E-state index contributed by atoms with van der Waals surface area (Å²) in [5.41, 5.74) is 15.5. The Hall–Kier alpha value is -8.08. The van der Waals surface area contributed by atoms with E-state index in [4.69, 9.17) is 0 Å². The van der Waals surface area contributed by atoms with Gasteiger partial charge in [-0.15, -0.1) is 22.7 Å². The molecule has 0 unspecified atom stereocenters. The quantitative estimate of drug-likeness (QED) is 0.147. The smallest absolute Gasteiger partial charge is 0.0462 e. The Labute approximate surface area is 397 Å². The fourth-order valence-corrected chi connectivity index (χ4v) is 12.6. The van der Waals surface area contributed by atoms with Crippen molar-refractivity contribution in [2.24, 2.45) is 0 Å². The molecule has 13 aromatic rings. The molecule has 0 aliphatic carbocycles. The molecule has 0 saturated carbocycles. The van der Waals surface area contributed by atoms with Crippen molar-refractivity contribution in [2.45, 2.75) is 0 Å². The summed E-state index contributed by atoms with van der Waals surface area (Å²) in [6.07, 6.45) is 0. The van der Waals surface area contributed by atoms with Crippen molar-refractivity contribution in [3.63, 3.8) is 0 Å². The second kappa shape index (κ2) is 16.4. The van der Waals surface area contributed by atoms with E-state index in [0.29, 0.717) is 0 Å². The van der Waals surface area contributed by atoms with E-state index >= 15 is 0 Å². The average Bonchev–Trinajstić information content (AvgIpc) is 3.99. The summed E-state index contributed by atoms with van der Waals surface area (Å²) in [6, 6.07) is 91.2. The number of fused-ring (bicyclic) bond motifs is 8. The molecule has 314 valence electrons. The third-order valence-electron chi connectivity index (χ3n) is 13.3. The molecule has 0 atom stereocenters. The van der Waals surface area contributed by atoms with E-state index < -0.39 is 0 Å². The summed E-state index contributed by atoms with van der Waals surface area (Å²) in [5, 5.41) is 7.79. The molecule has 11 aromatic carbocycles. The van der Waals surface area contributed by atoms with Crippen molar-refractivity contribution in [1.82, 2.24) is 0 Å². The van der Waals surface area contributed by atoms with Crippen LogP contribution >= 0.6 is 22.7 Å². The van der Waals surface area contributed by atoms with Gasteiger partial charge < -0.3 is 4.90 Å². The van der Waals surface area contributed by atoms with Crippen LogP contribution < -0.4 is 4.90 Å². The van der Waals surface area contributed by atoms with Crippen LogP contribution in [0, 0.1) is 0 Å². The van der Waals surface area contributed by atoms with Crippen LogP contribution in [0.5, 0.6) is 0 Å². The largest absolute Gasteiger partial charge is 0.311 e. The van der Waals surface area contributed by atoms with Crippen LogP contribution in [0.15, 0.2) is 249 Å². The van der Waals surface area contributed by atoms with E-state index in [1.165, 1.54) is 107 Å². The van der Waals surface area contributed by atoms with E-state index in [9.17, 15) is 0 Å². The van der Waals surface area contributed by atoms with Crippen LogP contribution in [-0.2, 0) is 0 Å². The molecular formula is C64H41NS2. The Balaban J connectivity index is 0.967. The Bertz CT molecular complexity index is 3920. The summed E-state index contributed by atoms with van der Waals surface area (Å²) in [4.78, 5) is 2.39. The maximum Gasteiger partial charge on any atom is 0.0462 e. The van der Waals surface area contributed by atoms with Gasteiger partial charge in [-0.2, -0.15) is 0 Å². The molecule has 2 heterocycles. The molecule has 0 spiro atoms. The van der Waals surface area contributed by atoms with Crippen LogP contribution in [0.3, 0.4) is 0 Å². The molecular weight excluding hydrogens is 847 g/mol. The highest BCUT2D eigenvalue weighted by Gasteiger charge is 2.22. The lowest BCUT2D eigenvalue weighted by atomic mass is 9.86. The number of nitrogens with zero attached hydrogens (tertiary/aromatic N) is 1. The fraction of sp³-hybridized carbons (Fsp3) is 0. The number of hydrogen-bond donors (Lipinski definition) is 0. The first-order chi connectivity index (χ1) is 33.2. The molecule has 0 radical (unpaired) electrons. The van der Waals surface area contributed by atoms with E-state index in [2.05, 4.69) is 254 Å². The molecule has 13 rings (SSSR count). The van der Waals surface area contributed by atoms with Gasteiger partial charge in [0.1, 0.15) is 0 Å². The molecule has 0 aliphatic rings. The number of rotatable bonds is 8. The van der Waals surface area contributed by atoms with Crippen molar-refractivity contribution in [2.75, 3.05) is 4.90 Å². The third kappa shape index (κ3) is 6.82. The minimum atomic E-state index is 1.09. The topological polar surface area (TPSA) is 3.24 Å². The fourth-order valence-electron chi connectivity index (χ4n) is 10.1. The Kier molecular flexibility index (Phi) is 9.63. The zero-order chi connectivity index (χ0) is 44.3. The van der Waals surface area contributed by atoms with Gasteiger partial charge in [-0.3, -0.25) is 0 Å². The van der Waals surface area contributed by atoms with Gasteiger partial charge in [0.05, 0.1) is 0 Å². The highest BCUT2D eigenvalue weighted by atomic mass is 32.1. The number of thiophene rings is 2. The standard InChI is InChI=1S/C64H41NS2/c1-3-14-42(15-4-1)44-26-28-47(29-27-44)60-54-19-7-8-20-56(54)64-62(57-21-10-12-25-59(57)67-64)61(60)48-34-40-51(41-35-48)65(49-36-30-45(31-37-49)43-16-5-2-6-17-43)50-38-32-46(33-39-50)52-22-13-23-55-53-18-9-11-24-58(53)66-63(52)55/h1-41H. The van der Waals surface area contributed by atoms with Gasteiger partial charge in [0, 0.05) is 62.8 Å². The Morgan fingerprint density at radius 3 is 1.24 bits per heavy atom. The molecule has 1 nitrogen and oxygen atoms in total. The van der Waals surface area contributed by atoms with Crippen molar-refractivity contribution in [1.29, 1.82) is 0 Å². The SMILES string of the molecule is c1ccc(-c2ccc(-c3c(-c4ccc(N(c5ccc(-c6ccccc6)cc5)c5ccc(-c6cccc7c6sc6ccccc67)cc5)cc4)c4c5ccccc5sc4c4ccccc34)cc2)cc1. The van der Waals surface area contributed by atoms with Gasteiger partial charge in [-0.05, 0) is 110 Å². The summed E-state index contributed by atoms with van der Waals surface area (Å²) in [5.74, 6) is 0. The minimum Gasteiger partial charge on any atom is -0.311 e. The second-order valence-corrected chi connectivity index (χ2v) is 19.3. The average molecular weight is 888 g/mol. The number of hydrogen-bond acceptors (Lipinski definition) is 3. The zero-order valence-corrected chi connectivity index (χ0v) is 38.1. The van der Waals surface area contributed by atoms with Crippen LogP contribution in [0.25, 0.3) is 107 Å². The van der Waals surface area contributed by atoms with Crippen LogP contribution in [-0.4, -0.2) is 0 Å². The predicted molar refractivity (Wildman–Crippen MR) is 292 cm³/mol. The highest BCUT2D eigenvalue weighted by molar-refractivity contribution is 7.27. The lowest BCUT2D eigenvalue weighted by Gasteiger charge is -2.26. The first kappa shape index (κ1) is 39.3. The highest BCUT2D eigenvalue weighted by Crippen LogP contribution is 2.51. The van der Waals surface area contributed by atoms with Gasteiger partial charge in [-0.1, -0.05) is 200 Å². The van der Waals surface area contributed by atoms with Crippen LogP contribution in [0.4, 0.5) is 17.1 Å². The van der Waals surface area contributed by atoms with E-state index in [-0.39, 0.29) is 0 Å². The first-order valence-electron chi connectivity index (χ1n) is 22.8. The van der Waals surface area contributed by atoms with Gasteiger partial charge in [0.15, 0.2) is 0 Å². The summed E-state index contributed by atoms with van der Waals surface area (Å²) < 4.78 is 5.27. The molecule has 0 fully saturated rings. The number of anilines is 3. The molecule has 2 aromatic heterocycles. The molecule has 0 aliphatic heterocycles. The maximum absolute atomic E-state index is 2.39.